The molecule has 2 N–H and O–H groups in total. The molecule has 0 saturated heterocycles. The van der Waals surface area contributed by atoms with Crippen molar-refractivity contribution in [3.05, 3.63) is 86.7 Å². The molecule has 0 unspecified atom stereocenters. The van der Waals surface area contributed by atoms with Gasteiger partial charge in [0.25, 0.3) is 5.91 Å². The van der Waals surface area contributed by atoms with Crippen molar-refractivity contribution >= 4 is 34.8 Å². The Labute approximate surface area is 176 Å². The van der Waals surface area contributed by atoms with E-state index in [4.69, 9.17) is 11.6 Å². The molecule has 1 amide bonds. The lowest BCUT2D eigenvalue weighted by Crippen LogP contribution is -2.33. The lowest BCUT2D eigenvalue weighted by atomic mass is 10.00. The molecule has 1 aromatic heterocycles. The molecule has 2 aromatic carbocycles. The molecule has 4 rings (SSSR count). The number of halogens is 1. The van der Waals surface area contributed by atoms with Crippen LogP contribution in [0.1, 0.15) is 21.5 Å². The summed E-state index contributed by atoms with van der Waals surface area (Å²) in [5.74, 6) is -0.369. The zero-order valence-electron chi connectivity index (χ0n) is 15.7. The normalized spacial score (nSPS) is 12.8. The molecular formula is C20H17ClN6O3. The van der Waals surface area contributed by atoms with Gasteiger partial charge in [0, 0.05) is 23.7 Å². The lowest BCUT2D eigenvalue weighted by Gasteiger charge is -2.29. The molecule has 0 bridgehead atoms. The predicted molar refractivity (Wildman–Crippen MR) is 112 cm³/mol. The van der Waals surface area contributed by atoms with E-state index in [2.05, 4.69) is 26.9 Å². The summed E-state index contributed by atoms with van der Waals surface area (Å²) >= 11 is 5.82. The maximum Gasteiger partial charge on any atom is 0.355 e. The zero-order chi connectivity index (χ0) is 21.1. The maximum absolute atomic E-state index is 12.3. The highest BCUT2D eigenvalue weighted by Crippen LogP contribution is 2.34. The Balaban J connectivity index is 1.57. The van der Waals surface area contributed by atoms with Crippen LogP contribution >= 0.6 is 11.6 Å². The molecule has 0 atom stereocenters. The van der Waals surface area contributed by atoms with Gasteiger partial charge in [-0.25, -0.2) is 9.97 Å². The molecule has 1 aliphatic heterocycles. The molecule has 0 saturated carbocycles. The third kappa shape index (κ3) is 4.01. The Morgan fingerprint density at radius 3 is 2.57 bits per heavy atom. The first kappa shape index (κ1) is 19.6. The number of benzene rings is 2. The number of nitro groups is 1. The number of carbonyl (C=O) groups is 1. The highest BCUT2D eigenvalue weighted by Gasteiger charge is 2.29. The number of rotatable bonds is 5. The molecule has 0 spiro atoms. The Hall–Kier alpha value is -3.72. The fourth-order valence-electron chi connectivity index (χ4n) is 3.33. The number of fused-ring (bicyclic) bond motifs is 1. The monoisotopic (exact) mass is 424 g/mol. The average molecular weight is 425 g/mol. The third-order valence-electron chi connectivity index (χ3n) is 4.82. The van der Waals surface area contributed by atoms with Crippen LogP contribution in [0.3, 0.4) is 0 Å². The zero-order valence-corrected chi connectivity index (χ0v) is 16.5. The van der Waals surface area contributed by atoms with Gasteiger partial charge in [-0.05, 0) is 41.8 Å². The minimum atomic E-state index is -0.549. The summed E-state index contributed by atoms with van der Waals surface area (Å²) in [6, 6.07) is 14.2. The molecule has 10 heteroatoms. The number of nitrogens with zero attached hydrogens (tertiary/aromatic N) is 4. The number of hydrogen-bond donors (Lipinski definition) is 2. The van der Waals surface area contributed by atoms with Crippen LogP contribution in [0.2, 0.25) is 5.02 Å². The molecule has 0 aliphatic carbocycles. The van der Waals surface area contributed by atoms with Crippen LogP contribution in [-0.2, 0) is 13.0 Å². The first-order valence-corrected chi connectivity index (χ1v) is 9.54. The van der Waals surface area contributed by atoms with Crippen LogP contribution in [0, 0.1) is 10.1 Å². The largest absolute Gasteiger partial charge is 0.355 e. The van der Waals surface area contributed by atoms with Crippen LogP contribution in [-0.4, -0.2) is 27.3 Å². The van der Waals surface area contributed by atoms with Gasteiger partial charge in [-0.15, -0.1) is 0 Å². The van der Waals surface area contributed by atoms with Gasteiger partial charge in [0.2, 0.25) is 11.6 Å². The average Bonchev–Trinajstić information content (AvgIpc) is 2.77. The number of hydrogen-bond acceptors (Lipinski definition) is 7. The van der Waals surface area contributed by atoms with Crippen molar-refractivity contribution in [3.63, 3.8) is 0 Å². The standard InChI is InChI=1S/C20H17ClN6O3/c21-16-7-5-14(6-8-16)20(28)25-24-18-17(27(29)30)19(23-12-22-18)26-10-9-13-3-1-2-4-15(13)11-26/h1-8,12H,9-11H2,(H,25,28)(H,22,23,24). The van der Waals surface area contributed by atoms with Crippen molar-refractivity contribution < 1.29 is 9.72 Å². The third-order valence-corrected chi connectivity index (χ3v) is 5.07. The Bertz CT molecular complexity index is 1110. The molecule has 9 nitrogen and oxygen atoms in total. The minimum absolute atomic E-state index is 0.0915. The smallest absolute Gasteiger partial charge is 0.346 e. The molecule has 3 aromatic rings. The van der Waals surface area contributed by atoms with Crippen molar-refractivity contribution in [2.45, 2.75) is 13.0 Å². The van der Waals surface area contributed by atoms with Crippen LogP contribution in [0.25, 0.3) is 0 Å². The summed E-state index contributed by atoms with van der Waals surface area (Å²) in [5.41, 5.74) is 7.35. The first-order chi connectivity index (χ1) is 14.5. The number of nitrogens with one attached hydrogen (secondary N) is 2. The van der Waals surface area contributed by atoms with E-state index < -0.39 is 10.8 Å². The van der Waals surface area contributed by atoms with Crippen molar-refractivity contribution in [1.29, 1.82) is 0 Å². The van der Waals surface area contributed by atoms with E-state index >= 15 is 0 Å². The van der Waals surface area contributed by atoms with Crippen LogP contribution < -0.4 is 15.8 Å². The highest BCUT2D eigenvalue weighted by atomic mass is 35.5. The number of anilines is 2. The molecule has 30 heavy (non-hydrogen) atoms. The summed E-state index contributed by atoms with van der Waals surface area (Å²) in [7, 11) is 0. The summed E-state index contributed by atoms with van der Waals surface area (Å²) in [5, 5.41) is 12.3. The molecule has 2 heterocycles. The van der Waals surface area contributed by atoms with Crippen molar-refractivity contribution in [2.24, 2.45) is 0 Å². The number of amides is 1. The van der Waals surface area contributed by atoms with Crippen LogP contribution in [0.5, 0.6) is 0 Å². The van der Waals surface area contributed by atoms with Gasteiger partial charge >= 0.3 is 5.69 Å². The first-order valence-electron chi connectivity index (χ1n) is 9.16. The van der Waals surface area contributed by atoms with Gasteiger partial charge in [-0.1, -0.05) is 35.9 Å². The molecule has 0 radical (unpaired) electrons. The van der Waals surface area contributed by atoms with E-state index in [1.165, 1.54) is 11.9 Å². The van der Waals surface area contributed by atoms with E-state index in [9.17, 15) is 14.9 Å². The van der Waals surface area contributed by atoms with Crippen LogP contribution in [0.15, 0.2) is 54.9 Å². The number of carbonyl (C=O) groups excluding carboxylic acids is 1. The Morgan fingerprint density at radius 1 is 1.10 bits per heavy atom. The molecule has 1 aliphatic rings. The highest BCUT2D eigenvalue weighted by molar-refractivity contribution is 6.30. The summed E-state index contributed by atoms with van der Waals surface area (Å²) in [4.78, 5) is 33.5. The quantitative estimate of drug-likeness (QED) is 0.476. The van der Waals surface area contributed by atoms with E-state index in [1.54, 1.807) is 24.3 Å². The second-order valence-corrected chi connectivity index (χ2v) is 7.11. The lowest BCUT2D eigenvalue weighted by molar-refractivity contribution is -0.383. The van der Waals surface area contributed by atoms with Crippen LogP contribution in [0.4, 0.5) is 17.3 Å². The van der Waals surface area contributed by atoms with Gasteiger partial charge in [0.1, 0.15) is 6.33 Å². The Morgan fingerprint density at radius 2 is 1.83 bits per heavy atom. The summed E-state index contributed by atoms with van der Waals surface area (Å²) in [6.45, 7) is 1.09. The Kier molecular flexibility index (Phi) is 5.44. The van der Waals surface area contributed by atoms with Gasteiger partial charge in [0.15, 0.2) is 0 Å². The fraction of sp³-hybridized carbons (Fsp3) is 0.150. The molecular weight excluding hydrogens is 408 g/mol. The van der Waals surface area contributed by atoms with Crippen molar-refractivity contribution in [3.8, 4) is 0 Å². The molecule has 0 fully saturated rings. The van der Waals surface area contributed by atoms with E-state index in [0.717, 1.165) is 12.0 Å². The number of aromatic nitrogens is 2. The van der Waals surface area contributed by atoms with E-state index in [1.807, 2.05) is 23.1 Å². The van der Waals surface area contributed by atoms with E-state index in [-0.39, 0.29) is 17.3 Å². The minimum Gasteiger partial charge on any atom is -0.346 e. The van der Waals surface area contributed by atoms with Gasteiger partial charge in [-0.3, -0.25) is 25.8 Å². The summed E-state index contributed by atoms with van der Waals surface area (Å²) in [6.07, 6.45) is 1.99. The molecule has 152 valence electrons. The number of hydrazine groups is 1. The van der Waals surface area contributed by atoms with Gasteiger partial charge in [0.05, 0.1) is 4.92 Å². The van der Waals surface area contributed by atoms with E-state index in [0.29, 0.717) is 23.7 Å². The second kappa shape index (κ2) is 8.34. The van der Waals surface area contributed by atoms with Crippen molar-refractivity contribution in [2.75, 3.05) is 16.9 Å². The predicted octanol–water partition coefficient (Wildman–Crippen LogP) is 3.36. The van der Waals surface area contributed by atoms with Crippen molar-refractivity contribution in [1.82, 2.24) is 15.4 Å². The fourth-order valence-corrected chi connectivity index (χ4v) is 3.45. The summed E-state index contributed by atoms with van der Waals surface area (Å²) < 4.78 is 0. The SMILES string of the molecule is O=C(NNc1ncnc(N2CCc3ccccc3C2)c1[N+](=O)[O-])c1ccc(Cl)cc1. The maximum atomic E-state index is 12.3. The second-order valence-electron chi connectivity index (χ2n) is 6.68. The van der Waals surface area contributed by atoms with Gasteiger partial charge in [-0.2, -0.15) is 0 Å². The van der Waals surface area contributed by atoms with Gasteiger partial charge < -0.3 is 4.90 Å². The topological polar surface area (TPSA) is 113 Å².